The minimum absolute atomic E-state index is 0.0810. The first-order valence-electron chi connectivity index (χ1n) is 3.90. The summed E-state index contributed by atoms with van der Waals surface area (Å²) in [5, 5.41) is 9.13. The normalized spacial score (nSPS) is 21.1. The fourth-order valence-electron chi connectivity index (χ4n) is 1.56. The number of ketones is 1. The number of Topliss-reactive ketones (excluding diaryl/α,β-unsaturated/α-hetero) is 1. The zero-order chi connectivity index (χ0) is 8.72. The summed E-state index contributed by atoms with van der Waals surface area (Å²) in [4.78, 5) is 15.1. The molecular formula is C9H9NO2. The predicted octanol–water partition coefficient (Wildman–Crippen LogP) is 1.48. The molecule has 0 radical (unpaired) electrons. The molecule has 3 nitrogen and oxygen atoms in total. The van der Waals surface area contributed by atoms with E-state index in [0.717, 1.165) is 5.56 Å². The maximum atomic E-state index is 11.2. The molecule has 1 aromatic heterocycles. The van der Waals surface area contributed by atoms with Gasteiger partial charge in [-0.2, -0.15) is 0 Å². The maximum Gasteiger partial charge on any atom is 0.182 e. The molecule has 0 aliphatic heterocycles. The number of pyridine rings is 1. The van der Waals surface area contributed by atoms with Gasteiger partial charge in [0.2, 0.25) is 0 Å². The highest BCUT2D eigenvalue weighted by atomic mass is 16.3. The Morgan fingerprint density at radius 3 is 3.17 bits per heavy atom. The van der Waals surface area contributed by atoms with Gasteiger partial charge in [-0.25, -0.2) is 4.98 Å². The third kappa shape index (κ3) is 0.897. The van der Waals surface area contributed by atoms with Crippen molar-refractivity contribution in [3.8, 4) is 5.75 Å². The maximum absolute atomic E-state index is 11.2. The Labute approximate surface area is 70.1 Å². The molecule has 0 aromatic carbocycles. The highest BCUT2D eigenvalue weighted by Gasteiger charge is 2.27. The summed E-state index contributed by atoms with van der Waals surface area (Å²) in [6.07, 6.45) is 1.83. The van der Waals surface area contributed by atoms with Crippen molar-refractivity contribution in [3.05, 3.63) is 23.5 Å². The van der Waals surface area contributed by atoms with Gasteiger partial charge in [0.25, 0.3) is 0 Å². The Balaban J connectivity index is 2.60. The number of carbonyl (C=O) groups excluding carboxylic acids is 1. The molecule has 2 rings (SSSR count). The van der Waals surface area contributed by atoms with Crippen LogP contribution >= 0.6 is 0 Å². The number of hydrogen-bond acceptors (Lipinski definition) is 3. The van der Waals surface area contributed by atoms with Gasteiger partial charge in [0, 0.05) is 6.42 Å². The van der Waals surface area contributed by atoms with Gasteiger partial charge in [0.05, 0.1) is 6.20 Å². The molecule has 62 valence electrons. The Kier molecular flexibility index (Phi) is 1.40. The third-order valence-electron chi connectivity index (χ3n) is 2.19. The van der Waals surface area contributed by atoms with Crippen molar-refractivity contribution in [1.82, 2.24) is 4.98 Å². The number of nitrogens with zero attached hydrogens (tertiary/aromatic N) is 1. The van der Waals surface area contributed by atoms with E-state index in [-0.39, 0.29) is 17.5 Å². The minimum Gasteiger partial charge on any atom is -0.506 e. The molecule has 1 unspecified atom stereocenters. The van der Waals surface area contributed by atoms with Crippen LogP contribution in [0.2, 0.25) is 0 Å². The second-order valence-corrected chi connectivity index (χ2v) is 3.16. The van der Waals surface area contributed by atoms with Gasteiger partial charge in [-0.1, -0.05) is 6.92 Å². The molecule has 1 aliphatic carbocycles. The predicted molar refractivity (Wildman–Crippen MR) is 43.3 cm³/mol. The van der Waals surface area contributed by atoms with Crippen molar-refractivity contribution >= 4 is 5.78 Å². The number of fused-ring (bicyclic) bond motifs is 1. The second kappa shape index (κ2) is 2.30. The summed E-state index contributed by atoms with van der Waals surface area (Å²) >= 11 is 0. The van der Waals surface area contributed by atoms with Crippen molar-refractivity contribution in [1.29, 1.82) is 0 Å². The summed E-state index contributed by atoms with van der Waals surface area (Å²) < 4.78 is 0. The van der Waals surface area contributed by atoms with Gasteiger partial charge in [0.15, 0.2) is 5.78 Å². The van der Waals surface area contributed by atoms with Crippen LogP contribution in [0.4, 0.5) is 0 Å². The topological polar surface area (TPSA) is 50.2 Å². The summed E-state index contributed by atoms with van der Waals surface area (Å²) in [5.74, 6) is 0.417. The molecule has 0 spiro atoms. The van der Waals surface area contributed by atoms with Crippen LogP contribution in [0.1, 0.15) is 35.3 Å². The zero-order valence-electron chi connectivity index (χ0n) is 6.74. The summed E-state index contributed by atoms with van der Waals surface area (Å²) in [6.45, 7) is 1.96. The first kappa shape index (κ1) is 7.28. The molecule has 1 aliphatic rings. The molecule has 0 amide bonds. The van der Waals surface area contributed by atoms with Crippen LogP contribution in [-0.4, -0.2) is 15.9 Å². The quantitative estimate of drug-likeness (QED) is 0.630. The minimum atomic E-state index is 0.0810. The molecule has 1 aromatic rings. The van der Waals surface area contributed by atoms with Crippen LogP contribution in [0.5, 0.6) is 5.75 Å². The first-order chi connectivity index (χ1) is 5.68. The SMILES string of the molecule is CC1CC(=O)c2ncc(O)cc21. The second-order valence-electron chi connectivity index (χ2n) is 3.16. The molecular weight excluding hydrogens is 154 g/mol. The van der Waals surface area contributed by atoms with Crippen molar-refractivity contribution in [2.24, 2.45) is 0 Å². The summed E-state index contributed by atoms with van der Waals surface area (Å²) in [5.41, 5.74) is 1.40. The summed E-state index contributed by atoms with van der Waals surface area (Å²) in [6, 6.07) is 1.62. The van der Waals surface area contributed by atoms with E-state index in [1.165, 1.54) is 6.20 Å². The van der Waals surface area contributed by atoms with Crippen LogP contribution < -0.4 is 0 Å². The molecule has 0 saturated heterocycles. The number of aromatic hydroxyl groups is 1. The van der Waals surface area contributed by atoms with Gasteiger partial charge in [0.1, 0.15) is 11.4 Å². The van der Waals surface area contributed by atoms with E-state index in [4.69, 9.17) is 5.11 Å². The van der Waals surface area contributed by atoms with Gasteiger partial charge < -0.3 is 5.11 Å². The zero-order valence-corrected chi connectivity index (χ0v) is 6.74. The largest absolute Gasteiger partial charge is 0.506 e. The monoisotopic (exact) mass is 163 g/mol. The molecule has 0 bridgehead atoms. The van der Waals surface area contributed by atoms with E-state index in [9.17, 15) is 4.79 Å². The summed E-state index contributed by atoms with van der Waals surface area (Å²) in [7, 11) is 0. The fraction of sp³-hybridized carbons (Fsp3) is 0.333. The molecule has 1 N–H and O–H groups in total. The Hall–Kier alpha value is -1.38. The van der Waals surface area contributed by atoms with Crippen molar-refractivity contribution in [2.45, 2.75) is 19.3 Å². The lowest BCUT2D eigenvalue weighted by Crippen LogP contribution is -1.94. The van der Waals surface area contributed by atoms with Crippen molar-refractivity contribution in [2.75, 3.05) is 0 Å². The lowest BCUT2D eigenvalue weighted by molar-refractivity contribution is 0.0986. The average molecular weight is 163 g/mol. The third-order valence-corrected chi connectivity index (χ3v) is 2.19. The van der Waals surface area contributed by atoms with Crippen LogP contribution in [0.25, 0.3) is 0 Å². The Bertz CT molecular complexity index is 346. The smallest absolute Gasteiger partial charge is 0.182 e. The molecule has 1 heterocycles. The van der Waals surface area contributed by atoms with Gasteiger partial charge in [-0.3, -0.25) is 4.79 Å². The van der Waals surface area contributed by atoms with Crippen LogP contribution in [0, 0.1) is 0 Å². The Morgan fingerprint density at radius 2 is 2.42 bits per heavy atom. The van der Waals surface area contributed by atoms with Gasteiger partial charge >= 0.3 is 0 Å². The molecule has 0 fully saturated rings. The standard InChI is InChI=1S/C9H9NO2/c1-5-2-8(12)9-7(5)3-6(11)4-10-9/h3-5,11H,2H2,1H3. The lowest BCUT2D eigenvalue weighted by Gasteiger charge is -2.01. The molecule has 1 atom stereocenters. The van der Waals surface area contributed by atoms with E-state index in [1.54, 1.807) is 6.07 Å². The van der Waals surface area contributed by atoms with Gasteiger partial charge in [-0.15, -0.1) is 0 Å². The molecule has 12 heavy (non-hydrogen) atoms. The van der Waals surface area contributed by atoms with E-state index in [0.29, 0.717) is 12.1 Å². The lowest BCUT2D eigenvalue weighted by atomic mass is 10.1. The highest BCUT2D eigenvalue weighted by molar-refractivity contribution is 5.99. The van der Waals surface area contributed by atoms with Crippen LogP contribution in [0.3, 0.4) is 0 Å². The number of carbonyl (C=O) groups is 1. The van der Waals surface area contributed by atoms with Crippen LogP contribution in [-0.2, 0) is 0 Å². The number of aromatic nitrogens is 1. The Morgan fingerprint density at radius 1 is 1.67 bits per heavy atom. The van der Waals surface area contributed by atoms with E-state index < -0.39 is 0 Å². The van der Waals surface area contributed by atoms with Crippen molar-refractivity contribution in [3.63, 3.8) is 0 Å². The number of hydrogen-bond donors (Lipinski definition) is 1. The van der Waals surface area contributed by atoms with Crippen LogP contribution in [0.15, 0.2) is 12.3 Å². The highest BCUT2D eigenvalue weighted by Crippen LogP contribution is 2.32. The van der Waals surface area contributed by atoms with E-state index in [2.05, 4.69) is 4.98 Å². The molecule has 3 heteroatoms. The van der Waals surface area contributed by atoms with Crippen molar-refractivity contribution < 1.29 is 9.90 Å². The fourth-order valence-corrected chi connectivity index (χ4v) is 1.56. The first-order valence-corrected chi connectivity index (χ1v) is 3.90. The van der Waals surface area contributed by atoms with E-state index in [1.807, 2.05) is 6.92 Å². The average Bonchev–Trinajstić information content (AvgIpc) is 2.28. The van der Waals surface area contributed by atoms with Gasteiger partial charge in [-0.05, 0) is 17.5 Å². The molecule has 0 saturated carbocycles. The number of rotatable bonds is 0. The van der Waals surface area contributed by atoms with E-state index >= 15 is 0 Å².